The van der Waals surface area contributed by atoms with Crippen LogP contribution >= 0.6 is 69.6 Å². The van der Waals surface area contributed by atoms with Gasteiger partial charge in [0, 0.05) is 0 Å². The third-order valence-corrected chi connectivity index (χ3v) is 9.92. The lowest BCUT2D eigenvalue weighted by Gasteiger charge is -2.38. The molecule has 1 atom stereocenters. The van der Waals surface area contributed by atoms with E-state index in [-0.39, 0.29) is 5.92 Å². The van der Waals surface area contributed by atoms with E-state index in [0.29, 0.717) is 0 Å². The van der Waals surface area contributed by atoms with Crippen LogP contribution in [0.4, 0.5) is 0 Å². The van der Waals surface area contributed by atoms with E-state index in [1.807, 2.05) is 97.9 Å². The Morgan fingerprint density at radius 1 is 0.545 bits per heavy atom. The molecule has 4 aromatic rings. The summed E-state index contributed by atoms with van der Waals surface area (Å²) in [4.78, 5) is 0. The van der Waals surface area contributed by atoms with Gasteiger partial charge in [-0.2, -0.15) is 0 Å². The van der Waals surface area contributed by atoms with Crippen LogP contribution in [0.1, 0.15) is 33.7 Å². The summed E-state index contributed by atoms with van der Waals surface area (Å²) in [6.07, 6.45) is 0. The number of rotatable bonds is 8. The van der Waals surface area contributed by atoms with Crippen LogP contribution in [0.2, 0.25) is 0 Å². The van der Waals surface area contributed by atoms with Crippen LogP contribution in [0.25, 0.3) is 0 Å². The number of hydrogen-bond donors (Lipinski definition) is 0. The Morgan fingerprint density at radius 2 is 0.909 bits per heavy atom. The molecule has 0 aliphatic rings. The van der Waals surface area contributed by atoms with Gasteiger partial charge < -0.3 is 18.9 Å². The highest BCUT2D eigenvalue weighted by Crippen LogP contribution is 2.50. The Morgan fingerprint density at radius 3 is 1.23 bits per heavy atom. The highest BCUT2D eigenvalue weighted by atomic mass is 35.6. The van der Waals surface area contributed by atoms with Gasteiger partial charge in [0.1, 0.15) is 23.0 Å². The third kappa shape index (κ3) is 8.64. The lowest BCUT2D eigenvalue weighted by atomic mass is 9.88. The maximum atomic E-state index is 6.35. The van der Waals surface area contributed by atoms with E-state index in [2.05, 4.69) is 10.2 Å². The monoisotopic (exact) mass is 729 g/mol. The van der Waals surface area contributed by atoms with Gasteiger partial charge in [0.25, 0.3) is 0 Å². The topological polar surface area (TPSA) is 36.9 Å². The molecule has 0 aromatic heterocycles. The van der Waals surface area contributed by atoms with Crippen LogP contribution in [0, 0.1) is 6.92 Å². The van der Waals surface area contributed by atoms with Crippen molar-refractivity contribution in [3.05, 3.63) is 119 Å². The molecule has 4 nitrogen and oxygen atoms in total. The summed E-state index contributed by atoms with van der Waals surface area (Å²) < 4.78 is 17.7. The maximum Gasteiger partial charge on any atom is 0.201 e. The lowest BCUT2D eigenvalue weighted by Crippen LogP contribution is -2.42. The zero-order valence-corrected chi connectivity index (χ0v) is 30.2. The van der Waals surface area contributed by atoms with E-state index in [1.165, 1.54) is 0 Å². The first-order valence-electron chi connectivity index (χ1n) is 13.2. The molecule has 44 heavy (non-hydrogen) atoms. The average molecular weight is 732 g/mol. The lowest BCUT2D eigenvalue weighted by molar-refractivity contribution is 0.414. The first kappa shape index (κ1) is 36.5. The van der Waals surface area contributed by atoms with Crippen molar-refractivity contribution >= 4 is 79.8 Å². The molecule has 0 bridgehead atoms. The van der Waals surface area contributed by atoms with Crippen LogP contribution in [0.15, 0.2) is 91.0 Å². The van der Waals surface area contributed by atoms with Gasteiger partial charge in [-0.3, -0.25) is 0 Å². The van der Waals surface area contributed by atoms with Crippen molar-refractivity contribution in [2.75, 3.05) is 28.4 Å². The van der Waals surface area contributed by atoms with Gasteiger partial charge in [0.15, 0.2) is 0 Å². The van der Waals surface area contributed by atoms with E-state index >= 15 is 0 Å². The molecule has 0 aliphatic heterocycles. The number of aryl methyl sites for hydroxylation is 1. The number of benzene rings is 4. The maximum absolute atomic E-state index is 6.35. The number of hydrogen-bond acceptors (Lipinski definition) is 4. The zero-order valence-electron chi connectivity index (χ0n) is 24.6. The summed E-state index contributed by atoms with van der Waals surface area (Å²) in [6, 6.07) is 28.0. The van der Waals surface area contributed by atoms with Crippen molar-refractivity contribution in [1.82, 2.24) is 0 Å². The van der Waals surface area contributed by atoms with Crippen molar-refractivity contribution in [1.29, 1.82) is 0 Å². The molecule has 0 aliphatic carbocycles. The van der Waals surface area contributed by atoms with Gasteiger partial charge in [-0.25, -0.2) is 0 Å². The molecule has 0 saturated carbocycles. The molecule has 4 rings (SSSR count). The standard InChI is InChI=1S/C17H16Cl3O2Si.C16H15Cl3O2/c1-11-10-14(22-3)8-9-15(11)16(23,17(18,19)20)12-4-6-13(21-2)7-5-12;1-20-13-7-3-11(4-8-13)15(16(17,18)19)12-5-9-14(21-2)10-6-12/h4-10H,1-3H3;3-10,15H,1-2H3. The van der Waals surface area contributed by atoms with E-state index in [1.54, 1.807) is 28.4 Å². The number of alkyl halides is 6. The number of halogens is 6. The van der Waals surface area contributed by atoms with E-state index in [0.717, 1.165) is 50.8 Å². The minimum atomic E-state index is -1.61. The Kier molecular flexibility index (Phi) is 12.9. The van der Waals surface area contributed by atoms with Gasteiger partial charge in [0.05, 0.1) is 49.6 Å². The van der Waals surface area contributed by atoms with Gasteiger partial charge in [-0.15, -0.1) is 0 Å². The van der Waals surface area contributed by atoms with Crippen molar-refractivity contribution < 1.29 is 18.9 Å². The predicted molar refractivity (Wildman–Crippen MR) is 186 cm³/mol. The van der Waals surface area contributed by atoms with Crippen molar-refractivity contribution in [2.24, 2.45) is 0 Å². The Balaban J connectivity index is 0.000000241. The zero-order chi connectivity index (χ0) is 32.7. The normalized spacial score (nSPS) is 12.9. The summed E-state index contributed by atoms with van der Waals surface area (Å²) in [5, 5.41) is -1.01. The summed E-state index contributed by atoms with van der Waals surface area (Å²) in [7, 11) is 10.2. The predicted octanol–water partition coefficient (Wildman–Crippen LogP) is 10.0. The second-order valence-corrected chi connectivity index (χ2v) is 15.1. The summed E-state index contributed by atoms with van der Waals surface area (Å²) >= 11 is 37.6. The molecule has 1 unspecified atom stereocenters. The van der Waals surface area contributed by atoms with Gasteiger partial charge in [-0.1, -0.05) is 112 Å². The molecule has 0 N–H and O–H groups in total. The van der Waals surface area contributed by atoms with Crippen LogP contribution in [-0.2, 0) is 5.04 Å². The van der Waals surface area contributed by atoms with Crippen molar-refractivity contribution in [3.8, 4) is 23.0 Å². The average Bonchev–Trinajstić information content (AvgIpc) is 3.00. The van der Waals surface area contributed by atoms with Crippen LogP contribution in [0.5, 0.6) is 23.0 Å². The Labute approximate surface area is 292 Å². The SMILES string of the molecule is COc1ccc(C([Si])(c2ccc(OC)cc2C)C(Cl)(Cl)Cl)cc1.COc1ccc(C(c2ccc(OC)cc2)C(Cl)(Cl)Cl)cc1. The highest BCUT2D eigenvalue weighted by molar-refractivity contribution is 6.71. The molecule has 4 aromatic carbocycles. The summed E-state index contributed by atoms with van der Waals surface area (Å²) in [5.41, 5.74) is 4.41. The molecule has 0 saturated heterocycles. The molecule has 0 heterocycles. The van der Waals surface area contributed by atoms with E-state index < -0.39 is 12.6 Å². The van der Waals surface area contributed by atoms with E-state index in [4.69, 9.17) is 88.6 Å². The molecular formula is C33H31Cl6O4Si. The van der Waals surface area contributed by atoms with Crippen LogP contribution in [0.3, 0.4) is 0 Å². The molecule has 0 fully saturated rings. The summed E-state index contributed by atoms with van der Waals surface area (Å²) in [6.45, 7) is 1.95. The van der Waals surface area contributed by atoms with Gasteiger partial charge >= 0.3 is 0 Å². The minimum absolute atomic E-state index is 0.376. The highest BCUT2D eigenvalue weighted by Gasteiger charge is 2.48. The van der Waals surface area contributed by atoms with E-state index in [9.17, 15) is 0 Å². The smallest absolute Gasteiger partial charge is 0.201 e. The largest absolute Gasteiger partial charge is 0.497 e. The fourth-order valence-corrected chi connectivity index (χ4v) is 6.50. The molecular weight excluding hydrogens is 701 g/mol. The number of ether oxygens (including phenoxy) is 4. The van der Waals surface area contributed by atoms with Crippen LogP contribution < -0.4 is 18.9 Å². The fourth-order valence-electron chi connectivity index (χ4n) is 4.66. The minimum Gasteiger partial charge on any atom is -0.497 e. The van der Waals surface area contributed by atoms with Crippen molar-refractivity contribution in [2.45, 2.75) is 25.5 Å². The summed E-state index contributed by atoms with van der Waals surface area (Å²) in [5.74, 6) is 2.63. The quantitative estimate of drug-likeness (QED) is 0.134. The Hall–Kier alpha value is -1.96. The van der Waals surface area contributed by atoms with Gasteiger partial charge in [0.2, 0.25) is 7.59 Å². The first-order chi connectivity index (χ1) is 20.7. The van der Waals surface area contributed by atoms with Gasteiger partial charge in [-0.05, 0) is 83.3 Å². The fraction of sp³-hybridized carbons (Fsp3) is 0.273. The van der Waals surface area contributed by atoms with Crippen LogP contribution in [-0.4, -0.2) is 46.3 Å². The number of methoxy groups -OCH3 is 4. The van der Waals surface area contributed by atoms with Crippen molar-refractivity contribution in [3.63, 3.8) is 0 Å². The second-order valence-electron chi connectivity index (χ2n) is 9.68. The molecule has 0 spiro atoms. The third-order valence-electron chi connectivity index (χ3n) is 7.01. The Bertz CT molecular complexity index is 1440. The molecule has 233 valence electrons. The molecule has 11 heteroatoms. The molecule has 3 radical (unpaired) electrons. The second kappa shape index (κ2) is 15.6. The first-order valence-corrected chi connectivity index (χ1v) is 15.9. The molecule has 0 amide bonds.